The third-order valence-electron chi connectivity index (χ3n) is 3.70. The van der Waals surface area contributed by atoms with Gasteiger partial charge >= 0.3 is 0 Å². The van der Waals surface area contributed by atoms with Crippen molar-refractivity contribution in [2.45, 2.75) is 37.6 Å². The fraction of sp³-hybridized carbons (Fsp3) is 0.533. The molecule has 1 heterocycles. The van der Waals surface area contributed by atoms with E-state index >= 15 is 0 Å². The van der Waals surface area contributed by atoms with Gasteiger partial charge in [-0.2, -0.15) is 0 Å². The highest BCUT2D eigenvalue weighted by Gasteiger charge is 2.24. The Hall–Kier alpha value is -0.710. The summed E-state index contributed by atoms with van der Waals surface area (Å²) in [6, 6.07) is 6.64. The molecule has 1 aliphatic heterocycles. The summed E-state index contributed by atoms with van der Waals surface area (Å²) < 4.78 is 0. The number of nitrogens with one attached hydrogen (secondary N) is 2. The normalized spacial score (nSPS) is 21.9. The minimum atomic E-state index is 0. The molecule has 0 radical (unpaired) electrons. The fourth-order valence-corrected chi connectivity index (χ4v) is 2.91. The van der Waals surface area contributed by atoms with Crippen LogP contribution in [0, 0.1) is 12.8 Å². The lowest BCUT2D eigenvalue weighted by atomic mass is 9.92. The summed E-state index contributed by atoms with van der Waals surface area (Å²) in [6.45, 7) is 5.10. The van der Waals surface area contributed by atoms with E-state index in [9.17, 15) is 4.79 Å². The van der Waals surface area contributed by atoms with Crippen LogP contribution in [0.2, 0.25) is 0 Å². The highest BCUT2D eigenvalue weighted by molar-refractivity contribution is 7.98. The molecule has 0 unspecified atom stereocenters. The Bertz CT molecular complexity index is 467. The topological polar surface area (TPSA) is 41.1 Å². The van der Waals surface area contributed by atoms with Crippen molar-refractivity contribution in [2.24, 2.45) is 5.92 Å². The largest absolute Gasteiger partial charge is 0.326 e. The molecule has 1 aliphatic rings. The van der Waals surface area contributed by atoms with Gasteiger partial charge in [-0.05, 0) is 57.2 Å². The summed E-state index contributed by atoms with van der Waals surface area (Å²) in [6.07, 6.45) is 3.90. The van der Waals surface area contributed by atoms with Gasteiger partial charge in [0.25, 0.3) is 0 Å². The van der Waals surface area contributed by atoms with E-state index in [0.29, 0.717) is 6.04 Å². The highest BCUT2D eigenvalue weighted by Crippen LogP contribution is 2.25. The van der Waals surface area contributed by atoms with Gasteiger partial charge < -0.3 is 10.6 Å². The van der Waals surface area contributed by atoms with E-state index in [1.165, 1.54) is 4.90 Å². The van der Waals surface area contributed by atoms with Gasteiger partial charge in [0.05, 0.1) is 0 Å². The van der Waals surface area contributed by atoms with E-state index in [0.717, 1.165) is 30.6 Å². The van der Waals surface area contributed by atoms with Crippen LogP contribution in [0.1, 0.15) is 25.3 Å². The maximum atomic E-state index is 12.3. The number of carbonyl (C=O) groups is 1. The zero-order valence-corrected chi connectivity index (χ0v) is 13.9. The second-order valence-corrected chi connectivity index (χ2v) is 6.13. The van der Waals surface area contributed by atoms with Gasteiger partial charge in [0, 0.05) is 22.5 Å². The molecule has 112 valence electrons. The average Bonchev–Trinajstić information content (AvgIpc) is 2.41. The lowest BCUT2D eigenvalue weighted by molar-refractivity contribution is -0.120. The molecular weight excluding hydrogens is 292 g/mol. The molecule has 0 bridgehead atoms. The number of carbonyl (C=O) groups excluding carboxylic acids is 1. The Labute approximate surface area is 131 Å². The molecule has 0 spiro atoms. The van der Waals surface area contributed by atoms with Gasteiger partial charge in [-0.1, -0.05) is 6.07 Å². The molecule has 1 saturated heterocycles. The number of benzene rings is 1. The predicted octanol–water partition coefficient (Wildman–Crippen LogP) is 3.47. The molecule has 0 aliphatic carbocycles. The number of amides is 1. The Kier molecular flexibility index (Phi) is 6.86. The molecule has 5 heteroatoms. The third-order valence-corrected chi connectivity index (χ3v) is 4.42. The number of anilines is 1. The minimum Gasteiger partial charge on any atom is -0.326 e. The smallest absolute Gasteiger partial charge is 0.227 e. The average molecular weight is 315 g/mol. The Morgan fingerprint density at radius 2 is 2.20 bits per heavy atom. The summed E-state index contributed by atoms with van der Waals surface area (Å²) in [4.78, 5) is 13.5. The number of hydrogen-bond donors (Lipinski definition) is 2. The van der Waals surface area contributed by atoms with Gasteiger partial charge in [0.1, 0.15) is 0 Å². The number of halogens is 1. The van der Waals surface area contributed by atoms with Crippen LogP contribution in [0.15, 0.2) is 23.1 Å². The van der Waals surface area contributed by atoms with Crippen LogP contribution < -0.4 is 10.6 Å². The van der Waals surface area contributed by atoms with Gasteiger partial charge in [-0.25, -0.2) is 0 Å². The first-order valence-electron chi connectivity index (χ1n) is 6.79. The van der Waals surface area contributed by atoms with E-state index in [4.69, 9.17) is 0 Å². The van der Waals surface area contributed by atoms with Crippen molar-refractivity contribution in [3.05, 3.63) is 23.8 Å². The van der Waals surface area contributed by atoms with E-state index in [-0.39, 0.29) is 24.2 Å². The lowest BCUT2D eigenvalue weighted by Crippen LogP contribution is -2.40. The fourth-order valence-electron chi connectivity index (χ4n) is 2.47. The summed E-state index contributed by atoms with van der Waals surface area (Å²) in [5, 5.41) is 6.47. The lowest BCUT2D eigenvalue weighted by Gasteiger charge is -2.27. The molecule has 1 fully saturated rings. The zero-order chi connectivity index (χ0) is 13.8. The minimum absolute atomic E-state index is 0. The van der Waals surface area contributed by atoms with E-state index in [1.54, 1.807) is 11.8 Å². The molecule has 2 atom stereocenters. The van der Waals surface area contributed by atoms with Crippen molar-refractivity contribution < 1.29 is 4.79 Å². The molecule has 0 aromatic heterocycles. The number of hydrogen-bond acceptors (Lipinski definition) is 3. The van der Waals surface area contributed by atoms with Gasteiger partial charge in [0.15, 0.2) is 0 Å². The monoisotopic (exact) mass is 314 g/mol. The van der Waals surface area contributed by atoms with Crippen LogP contribution in [0.3, 0.4) is 0 Å². The summed E-state index contributed by atoms with van der Waals surface area (Å²) >= 11 is 1.69. The first-order chi connectivity index (χ1) is 9.10. The molecule has 1 amide bonds. The van der Waals surface area contributed by atoms with Crippen molar-refractivity contribution in [3.8, 4) is 0 Å². The van der Waals surface area contributed by atoms with E-state index in [1.807, 2.05) is 13.2 Å². The quantitative estimate of drug-likeness (QED) is 0.839. The third kappa shape index (κ3) is 4.40. The van der Waals surface area contributed by atoms with E-state index < -0.39 is 0 Å². The second-order valence-electron chi connectivity index (χ2n) is 5.25. The maximum Gasteiger partial charge on any atom is 0.227 e. The van der Waals surface area contributed by atoms with Crippen molar-refractivity contribution in [3.63, 3.8) is 0 Å². The van der Waals surface area contributed by atoms with Gasteiger partial charge in [0.2, 0.25) is 5.91 Å². The van der Waals surface area contributed by atoms with Crippen LogP contribution in [0.4, 0.5) is 5.69 Å². The Balaban J connectivity index is 0.00000200. The number of aryl methyl sites for hydroxylation is 1. The maximum absolute atomic E-state index is 12.3. The molecule has 2 N–H and O–H groups in total. The Morgan fingerprint density at radius 1 is 1.45 bits per heavy atom. The first kappa shape index (κ1) is 17.3. The molecular formula is C15H23ClN2OS. The first-order valence-corrected chi connectivity index (χ1v) is 8.01. The number of rotatable bonds is 3. The summed E-state index contributed by atoms with van der Waals surface area (Å²) in [7, 11) is 0. The molecule has 1 aromatic rings. The molecule has 3 nitrogen and oxygen atoms in total. The van der Waals surface area contributed by atoms with Gasteiger partial charge in [-0.15, -0.1) is 24.2 Å². The summed E-state index contributed by atoms with van der Waals surface area (Å²) in [5.41, 5.74) is 2.07. The van der Waals surface area contributed by atoms with Crippen molar-refractivity contribution in [1.29, 1.82) is 0 Å². The molecule has 0 saturated carbocycles. The number of thioether (sulfide) groups is 1. The van der Waals surface area contributed by atoms with Crippen molar-refractivity contribution in [2.75, 3.05) is 18.1 Å². The van der Waals surface area contributed by atoms with Crippen molar-refractivity contribution in [1.82, 2.24) is 5.32 Å². The van der Waals surface area contributed by atoms with Crippen LogP contribution in [-0.4, -0.2) is 24.7 Å². The number of piperidine rings is 1. The van der Waals surface area contributed by atoms with Crippen LogP contribution >= 0.6 is 24.2 Å². The van der Waals surface area contributed by atoms with Crippen LogP contribution in [0.5, 0.6) is 0 Å². The standard InChI is InChI=1S/C15H22N2OS.ClH/c1-10-4-5-13(19-3)9-14(10)17-15(18)12-6-7-16-11(2)8-12;/h4-5,9,11-12,16H,6-8H2,1-3H3,(H,17,18);1H/t11-,12-;/m0./s1. The van der Waals surface area contributed by atoms with E-state index in [2.05, 4.69) is 35.8 Å². The molecule has 1 aromatic carbocycles. The predicted molar refractivity (Wildman–Crippen MR) is 89.0 cm³/mol. The Morgan fingerprint density at radius 3 is 2.85 bits per heavy atom. The zero-order valence-electron chi connectivity index (χ0n) is 12.2. The summed E-state index contributed by atoms with van der Waals surface area (Å²) in [5.74, 6) is 0.295. The molecule has 20 heavy (non-hydrogen) atoms. The van der Waals surface area contributed by atoms with Crippen molar-refractivity contribution >= 4 is 35.8 Å². The van der Waals surface area contributed by atoms with Crippen LogP contribution in [0.25, 0.3) is 0 Å². The highest BCUT2D eigenvalue weighted by atomic mass is 35.5. The second kappa shape index (κ2) is 7.91. The van der Waals surface area contributed by atoms with Gasteiger partial charge in [-0.3, -0.25) is 4.79 Å². The van der Waals surface area contributed by atoms with Crippen LogP contribution in [-0.2, 0) is 4.79 Å². The molecule has 2 rings (SSSR count). The SMILES string of the molecule is CSc1ccc(C)c(NC(=O)[C@H]2CCN[C@@H](C)C2)c1.Cl.